The third-order valence-corrected chi connectivity index (χ3v) is 6.15. The van der Waals surface area contributed by atoms with Gasteiger partial charge >= 0.3 is 0 Å². The normalized spacial score (nSPS) is 27.7. The van der Waals surface area contributed by atoms with E-state index in [1.165, 1.54) is 19.3 Å². The Kier molecular flexibility index (Phi) is 5.52. The summed E-state index contributed by atoms with van der Waals surface area (Å²) in [6.45, 7) is 14.0. The number of hydrazine groups is 1. The second-order valence-corrected chi connectivity index (χ2v) is 7.61. The SMILES string of the molecule is CCC(CC)C1NNC2CCN(Cc3nc(C)c(C)nc3C)CC21. The average molecular weight is 332 g/mol. The summed E-state index contributed by atoms with van der Waals surface area (Å²) in [6, 6.07) is 1.22. The van der Waals surface area contributed by atoms with Crippen LogP contribution in [0.4, 0.5) is 0 Å². The fourth-order valence-corrected chi connectivity index (χ4v) is 4.44. The van der Waals surface area contributed by atoms with Crippen molar-refractivity contribution in [1.29, 1.82) is 0 Å². The van der Waals surface area contributed by atoms with Gasteiger partial charge in [0.1, 0.15) is 0 Å². The molecule has 0 radical (unpaired) electrons. The van der Waals surface area contributed by atoms with Crippen molar-refractivity contribution in [3.63, 3.8) is 0 Å². The predicted octanol–water partition coefficient (Wildman–Crippen LogP) is 2.50. The minimum Gasteiger partial charge on any atom is -0.297 e. The Balaban J connectivity index is 1.70. The zero-order valence-corrected chi connectivity index (χ0v) is 15.9. The minimum absolute atomic E-state index is 0.597. The highest BCUT2D eigenvalue weighted by atomic mass is 15.4. The van der Waals surface area contributed by atoms with Crippen LogP contribution in [-0.4, -0.2) is 40.0 Å². The van der Waals surface area contributed by atoms with Crippen LogP contribution in [-0.2, 0) is 6.54 Å². The van der Waals surface area contributed by atoms with Crippen molar-refractivity contribution in [1.82, 2.24) is 25.7 Å². The number of nitrogens with zero attached hydrogens (tertiary/aromatic N) is 3. The lowest BCUT2D eigenvalue weighted by Gasteiger charge is -2.37. The van der Waals surface area contributed by atoms with Crippen LogP contribution >= 0.6 is 0 Å². The van der Waals surface area contributed by atoms with Crippen LogP contribution < -0.4 is 10.9 Å². The summed E-state index contributed by atoms with van der Waals surface area (Å²) < 4.78 is 0. The Hall–Kier alpha value is -1.04. The Morgan fingerprint density at radius 1 is 1.04 bits per heavy atom. The van der Waals surface area contributed by atoms with Crippen LogP contribution in [0.15, 0.2) is 0 Å². The molecule has 24 heavy (non-hydrogen) atoms. The van der Waals surface area contributed by atoms with E-state index in [0.29, 0.717) is 18.0 Å². The fourth-order valence-electron chi connectivity index (χ4n) is 4.44. The molecule has 2 N–H and O–H groups in total. The molecular formula is C19H33N5. The summed E-state index contributed by atoms with van der Waals surface area (Å²) in [6.07, 6.45) is 3.72. The Morgan fingerprint density at radius 3 is 2.46 bits per heavy atom. The van der Waals surface area contributed by atoms with Crippen LogP contribution in [0.5, 0.6) is 0 Å². The highest BCUT2D eigenvalue weighted by molar-refractivity contribution is 5.18. The molecular weight excluding hydrogens is 298 g/mol. The number of fused-ring (bicyclic) bond motifs is 1. The second kappa shape index (κ2) is 7.46. The van der Waals surface area contributed by atoms with Gasteiger partial charge in [-0.2, -0.15) is 0 Å². The fraction of sp³-hybridized carbons (Fsp3) is 0.789. The molecule has 134 valence electrons. The number of aryl methyl sites for hydroxylation is 3. The molecule has 1 aromatic rings. The molecule has 3 rings (SSSR count). The molecule has 2 aliphatic heterocycles. The van der Waals surface area contributed by atoms with Gasteiger partial charge in [0.2, 0.25) is 0 Å². The molecule has 2 saturated heterocycles. The molecule has 3 atom stereocenters. The largest absolute Gasteiger partial charge is 0.297 e. The van der Waals surface area contributed by atoms with Gasteiger partial charge in [0, 0.05) is 37.6 Å². The van der Waals surface area contributed by atoms with Gasteiger partial charge in [-0.3, -0.25) is 25.7 Å². The number of piperidine rings is 1. The summed E-state index contributed by atoms with van der Waals surface area (Å²) >= 11 is 0. The van der Waals surface area contributed by atoms with Crippen LogP contribution in [0, 0.1) is 32.6 Å². The minimum atomic E-state index is 0.597. The van der Waals surface area contributed by atoms with E-state index in [0.717, 1.165) is 48.3 Å². The smallest absolute Gasteiger partial charge is 0.0759 e. The molecule has 0 aromatic carbocycles. The number of rotatable bonds is 5. The lowest BCUT2D eigenvalue weighted by molar-refractivity contribution is 0.132. The number of nitrogens with one attached hydrogen (secondary N) is 2. The van der Waals surface area contributed by atoms with Crippen molar-refractivity contribution in [2.75, 3.05) is 13.1 Å². The van der Waals surface area contributed by atoms with E-state index >= 15 is 0 Å². The summed E-state index contributed by atoms with van der Waals surface area (Å²) in [7, 11) is 0. The lowest BCUT2D eigenvalue weighted by atomic mass is 9.80. The number of likely N-dealkylation sites (tertiary alicyclic amines) is 1. The number of aromatic nitrogens is 2. The Labute approximate surface area is 146 Å². The summed E-state index contributed by atoms with van der Waals surface area (Å²) in [5.41, 5.74) is 11.5. The molecule has 3 unspecified atom stereocenters. The predicted molar refractivity (Wildman–Crippen MR) is 97.5 cm³/mol. The molecule has 0 amide bonds. The van der Waals surface area contributed by atoms with E-state index in [2.05, 4.69) is 48.4 Å². The van der Waals surface area contributed by atoms with E-state index in [-0.39, 0.29) is 0 Å². The third kappa shape index (κ3) is 3.48. The summed E-state index contributed by atoms with van der Waals surface area (Å²) in [5, 5.41) is 0. The van der Waals surface area contributed by atoms with Crippen molar-refractivity contribution >= 4 is 0 Å². The van der Waals surface area contributed by atoms with Crippen LogP contribution in [0.2, 0.25) is 0 Å². The van der Waals surface area contributed by atoms with Crippen molar-refractivity contribution in [2.24, 2.45) is 11.8 Å². The molecule has 3 heterocycles. The van der Waals surface area contributed by atoms with E-state index < -0.39 is 0 Å². The average Bonchev–Trinajstić information content (AvgIpc) is 2.97. The molecule has 1 aromatic heterocycles. The van der Waals surface area contributed by atoms with Crippen LogP contribution in [0.1, 0.15) is 55.9 Å². The maximum absolute atomic E-state index is 4.80. The first kappa shape index (κ1) is 17.8. The highest BCUT2D eigenvalue weighted by Gasteiger charge is 2.42. The molecule has 0 spiro atoms. The van der Waals surface area contributed by atoms with Gasteiger partial charge in [-0.05, 0) is 33.1 Å². The van der Waals surface area contributed by atoms with Crippen molar-refractivity contribution in [3.05, 3.63) is 22.8 Å². The van der Waals surface area contributed by atoms with Gasteiger partial charge < -0.3 is 0 Å². The first-order chi connectivity index (χ1) is 11.5. The summed E-state index contributed by atoms with van der Waals surface area (Å²) in [5.74, 6) is 1.46. The van der Waals surface area contributed by atoms with Crippen molar-refractivity contribution in [2.45, 2.75) is 72.5 Å². The molecule has 0 bridgehead atoms. The molecule has 5 nitrogen and oxygen atoms in total. The molecule has 2 fully saturated rings. The van der Waals surface area contributed by atoms with Gasteiger partial charge in [-0.15, -0.1) is 0 Å². The van der Waals surface area contributed by atoms with Gasteiger partial charge in [-0.1, -0.05) is 26.7 Å². The quantitative estimate of drug-likeness (QED) is 0.868. The standard InChI is InChI=1S/C19H33N5/c1-6-15(7-2)19-16-10-24(9-8-17(16)22-23-19)11-18-14(5)20-12(3)13(4)21-18/h15-17,19,22-23H,6-11H2,1-5H3. The highest BCUT2D eigenvalue weighted by Crippen LogP contribution is 2.31. The first-order valence-corrected chi connectivity index (χ1v) is 9.57. The Bertz CT molecular complexity index is 569. The number of hydrogen-bond donors (Lipinski definition) is 2. The van der Waals surface area contributed by atoms with Crippen LogP contribution in [0.25, 0.3) is 0 Å². The zero-order chi connectivity index (χ0) is 17.3. The monoisotopic (exact) mass is 331 g/mol. The van der Waals surface area contributed by atoms with Crippen molar-refractivity contribution < 1.29 is 0 Å². The van der Waals surface area contributed by atoms with Gasteiger partial charge in [-0.25, -0.2) is 0 Å². The van der Waals surface area contributed by atoms with E-state index in [4.69, 9.17) is 4.98 Å². The topological polar surface area (TPSA) is 53.1 Å². The molecule has 0 aliphatic carbocycles. The zero-order valence-electron chi connectivity index (χ0n) is 15.9. The van der Waals surface area contributed by atoms with E-state index in [1.54, 1.807) is 0 Å². The molecule has 2 aliphatic rings. The van der Waals surface area contributed by atoms with Gasteiger partial charge in [0.25, 0.3) is 0 Å². The Morgan fingerprint density at radius 2 is 1.75 bits per heavy atom. The maximum atomic E-state index is 4.80. The van der Waals surface area contributed by atoms with Gasteiger partial charge in [0.15, 0.2) is 0 Å². The maximum Gasteiger partial charge on any atom is 0.0759 e. The first-order valence-electron chi connectivity index (χ1n) is 9.57. The molecule has 0 saturated carbocycles. The lowest BCUT2D eigenvalue weighted by Crippen LogP contribution is -2.47. The third-order valence-electron chi connectivity index (χ3n) is 6.15. The second-order valence-electron chi connectivity index (χ2n) is 7.61. The van der Waals surface area contributed by atoms with Crippen LogP contribution in [0.3, 0.4) is 0 Å². The molecule has 5 heteroatoms. The van der Waals surface area contributed by atoms with E-state index in [9.17, 15) is 0 Å². The van der Waals surface area contributed by atoms with Gasteiger partial charge in [0.05, 0.1) is 22.8 Å². The number of hydrogen-bond acceptors (Lipinski definition) is 5. The van der Waals surface area contributed by atoms with E-state index in [1.807, 2.05) is 6.92 Å². The van der Waals surface area contributed by atoms with Crippen molar-refractivity contribution in [3.8, 4) is 0 Å². The summed E-state index contributed by atoms with van der Waals surface area (Å²) in [4.78, 5) is 12.0.